The van der Waals surface area contributed by atoms with E-state index in [0.717, 1.165) is 21.9 Å². The fourth-order valence-electron chi connectivity index (χ4n) is 3.44. The molecule has 134 valence electrons. The summed E-state index contributed by atoms with van der Waals surface area (Å²) in [4.78, 5) is 3.65. The Labute approximate surface area is 165 Å². The van der Waals surface area contributed by atoms with Crippen LogP contribution in [-0.2, 0) is 7.05 Å². The summed E-state index contributed by atoms with van der Waals surface area (Å²) in [7, 11) is 1.68. The van der Waals surface area contributed by atoms with Crippen molar-refractivity contribution >= 4 is 27.6 Å². The number of hydrogen-bond acceptors (Lipinski definition) is 1. The molecule has 27 heavy (non-hydrogen) atoms. The first kappa shape index (κ1) is 13.1. The summed E-state index contributed by atoms with van der Waals surface area (Å²) < 4.78 is 42.1. The van der Waals surface area contributed by atoms with Crippen LogP contribution in [0.25, 0.3) is 38.0 Å². The Hall–Kier alpha value is -3.12. The van der Waals surface area contributed by atoms with Crippen molar-refractivity contribution in [1.29, 1.82) is 0 Å². The second-order valence-corrected chi connectivity index (χ2v) is 7.10. The maximum atomic E-state index is 8.74. The zero-order chi connectivity index (χ0) is 22.8. The third kappa shape index (κ3) is 2.61. The fourth-order valence-corrected chi connectivity index (χ4v) is 3.44. The Balaban J connectivity index is 2.19. The third-order valence-corrected chi connectivity index (χ3v) is 4.96. The first-order chi connectivity index (χ1) is 14.5. The average molecular weight is 359 g/mol. The van der Waals surface area contributed by atoms with Crippen LogP contribution in [0, 0.1) is 20.4 Å². The Bertz CT molecular complexity index is 1410. The van der Waals surface area contributed by atoms with E-state index < -0.39 is 5.89 Å². The predicted octanol–water partition coefficient (Wildman–Crippen LogP) is 6.37. The smallest absolute Gasteiger partial charge is 0.232 e. The molecule has 0 aliphatic heterocycles. The van der Waals surface area contributed by atoms with Gasteiger partial charge in [0.15, 0.2) is 6.17 Å². The lowest BCUT2D eigenvalue weighted by molar-refractivity contribution is -0.660. The Morgan fingerprint density at radius 1 is 1.07 bits per heavy atom. The highest BCUT2D eigenvalue weighted by atomic mass is 16.3. The molecule has 0 aliphatic rings. The van der Waals surface area contributed by atoms with Crippen LogP contribution >= 0.6 is 0 Å². The molecule has 0 radical (unpaired) electrons. The van der Waals surface area contributed by atoms with Gasteiger partial charge in [0, 0.05) is 23.7 Å². The lowest BCUT2D eigenvalue weighted by Crippen LogP contribution is -2.31. The topological polar surface area (TPSA) is 21.4 Å². The SMILES string of the molecule is [2H]c1c([2H])c(-c2c(C)ccc3c2oc2c([N+]#[C-])c(C)ccc23)[n+](C)c([2H])c1C([2H])(C)C. The van der Waals surface area contributed by atoms with Crippen molar-refractivity contribution in [1.82, 2.24) is 0 Å². The summed E-state index contributed by atoms with van der Waals surface area (Å²) in [5, 5.41) is 1.64. The minimum atomic E-state index is -1.18. The number of rotatable bonds is 2. The van der Waals surface area contributed by atoms with Crippen molar-refractivity contribution in [2.75, 3.05) is 0 Å². The van der Waals surface area contributed by atoms with Crippen LogP contribution in [0.3, 0.4) is 0 Å². The van der Waals surface area contributed by atoms with Gasteiger partial charge in [-0.05, 0) is 36.9 Å². The zero-order valence-electron chi connectivity index (χ0n) is 20.1. The van der Waals surface area contributed by atoms with Crippen LogP contribution < -0.4 is 4.57 Å². The van der Waals surface area contributed by atoms with Crippen LogP contribution in [0.1, 0.15) is 41.9 Å². The van der Waals surface area contributed by atoms with E-state index in [2.05, 4.69) is 4.85 Å². The highest BCUT2D eigenvalue weighted by Crippen LogP contribution is 2.41. The molecule has 0 fully saturated rings. The molecule has 2 heterocycles. The Kier molecular flexibility index (Phi) is 3.03. The quantitative estimate of drug-likeness (QED) is 0.301. The number of nitrogens with zero attached hydrogens (tertiary/aromatic N) is 2. The van der Waals surface area contributed by atoms with E-state index in [-0.39, 0.29) is 23.8 Å². The first-order valence-electron chi connectivity index (χ1n) is 10.8. The zero-order valence-corrected chi connectivity index (χ0v) is 16.1. The lowest BCUT2D eigenvalue weighted by Gasteiger charge is -2.08. The molecule has 0 unspecified atom stereocenters. The van der Waals surface area contributed by atoms with Gasteiger partial charge in [0.05, 0.1) is 14.9 Å². The maximum absolute atomic E-state index is 8.74. The van der Waals surface area contributed by atoms with Crippen LogP contribution in [0.15, 0.2) is 46.9 Å². The number of aryl methyl sites for hydroxylation is 2. The van der Waals surface area contributed by atoms with E-state index in [9.17, 15) is 0 Å². The number of hydrogen-bond donors (Lipinski definition) is 0. The van der Waals surface area contributed by atoms with E-state index in [1.54, 1.807) is 25.5 Å². The van der Waals surface area contributed by atoms with E-state index in [1.807, 2.05) is 38.1 Å². The lowest BCUT2D eigenvalue weighted by atomic mass is 9.98. The van der Waals surface area contributed by atoms with E-state index in [1.165, 1.54) is 0 Å². The van der Waals surface area contributed by atoms with Gasteiger partial charge >= 0.3 is 0 Å². The van der Waals surface area contributed by atoms with Crippen LogP contribution in [0.4, 0.5) is 5.69 Å². The van der Waals surface area contributed by atoms with Crippen LogP contribution in [0.5, 0.6) is 0 Å². The van der Waals surface area contributed by atoms with E-state index >= 15 is 0 Å². The molecule has 0 saturated heterocycles. The van der Waals surface area contributed by atoms with Gasteiger partial charge in [0.2, 0.25) is 11.4 Å². The molecule has 4 aromatic rings. The minimum absolute atomic E-state index is 0.0289. The van der Waals surface area contributed by atoms with Crippen molar-refractivity contribution in [3.63, 3.8) is 0 Å². The number of pyridine rings is 1. The van der Waals surface area contributed by atoms with Gasteiger partial charge < -0.3 is 4.42 Å². The Morgan fingerprint density at radius 2 is 1.74 bits per heavy atom. The van der Waals surface area contributed by atoms with Gasteiger partial charge in [-0.3, -0.25) is 0 Å². The highest BCUT2D eigenvalue weighted by molar-refractivity contribution is 6.13. The van der Waals surface area contributed by atoms with Crippen molar-refractivity contribution < 1.29 is 14.5 Å². The summed E-state index contributed by atoms with van der Waals surface area (Å²) in [5.41, 5.74) is 4.41. The largest absolute Gasteiger partial charge is 0.466 e. The van der Waals surface area contributed by atoms with Gasteiger partial charge in [0.1, 0.15) is 19.6 Å². The monoisotopic (exact) mass is 359 g/mol. The predicted molar refractivity (Wildman–Crippen MR) is 110 cm³/mol. The molecule has 3 nitrogen and oxygen atoms in total. The average Bonchev–Trinajstić information content (AvgIpc) is 3.05. The van der Waals surface area contributed by atoms with Gasteiger partial charge in [-0.25, -0.2) is 9.41 Å². The molecule has 0 spiro atoms. The van der Waals surface area contributed by atoms with Crippen molar-refractivity contribution in [3.8, 4) is 11.3 Å². The molecule has 0 amide bonds. The molecule has 3 heteroatoms. The van der Waals surface area contributed by atoms with Crippen molar-refractivity contribution in [2.45, 2.75) is 33.6 Å². The standard InChI is InChI=1S/C24H23N2O/c1-14(2)17-9-12-20(26(6)13-17)21-15(3)7-10-18-19-11-8-16(4)22(25-5)24(19)27-23(18)21/h7-14H,1-4,6H3/q+1/i9D,12D,13D,14D. The first-order valence-corrected chi connectivity index (χ1v) is 8.82. The van der Waals surface area contributed by atoms with E-state index in [0.29, 0.717) is 28.1 Å². The molecule has 4 rings (SSSR count). The second kappa shape index (κ2) is 6.25. The van der Waals surface area contributed by atoms with E-state index in [4.69, 9.17) is 16.5 Å². The number of furan rings is 1. The second-order valence-electron chi connectivity index (χ2n) is 7.10. The molecule has 2 aromatic heterocycles. The number of fused-ring (bicyclic) bond motifs is 3. The summed E-state index contributed by atoms with van der Waals surface area (Å²) in [5.74, 6) is -1.18. The molecule has 2 aromatic carbocycles. The van der Waals surface area contributed by atoms with Gasteiger partial charge in [-0.2, -0.15) is 0 Å². The van der Waals surface area contributed by atoms with Crippen molar-refractivity contribution in [3.05, 3.63) is 70.6 Å². The van der Waals surface area contributed by atoms with Crippen LogP contribution in [-0.4, -0.2) is 0 Å². The molecule has 0 atom stereocenters. The maximum Gasteiger partial charge on any atom is 0.232 e. The van der Waals surface area contributed by atoms with Crippen molar-refractivity contribution in [2.24, 2.45) is 7.05 Å². The number of aromatic nitrogens is 1. The number of benzene rings is 2. The Morgan fingerprint density at radius 3 is 2.41 bits per heavy atom. The van der Waals surface area contributed by atoms with Crippen LogP contribution in [0.2, 0.25) is 0 Å². The third-order valence-electron chi connectivity index (χ3n) is 4.96. The molecular formula is C24H23N2O+. The van der Waals surface area contributed by atoms with Gasteiger partial charge in [-0.15, -0.1) is 0 Å². The summed E-state index contributed by atoms with van der Waals surface area (Å²) >= 11 is 0. The molecule has 0 saturated carbocycles. The highest BCUT2D eigenvalue weighted by Gasteiger charge is 2.22. The summed E-state index contributed by atoms with van der Waals surface area (Å²) in [6.07, 6.45) is 0.0289. The summed E-state index contributed by atoms with van der Waals surface area (Å²) in [6, 6.07) is 7.53. The molecule has 0 N–H and O–H groups in total. The normalized spacial score (nSPS) is 13.9. The fraction of sp³-hybridized carbons (Fsp3) is 0.250. The molecule has 0 aliphatic carbocycles. The van der Waals surface area contributed by atoms with Gasteiger partial charge in [-0.1, -0.05) is 38.1 Å². The summed E-state index contributed by atoms with van der Waals surface area (Å²) in [6.45, 7) is 14.6. The molecular weight excluding hydrogens is 332 g/mol. The molecule has 0 bridgehead atoms. The minimum Gasteiger partial charge on any atom is -0.466 e. The van der Waals surface area contributed by atoms with Gasteiger partial charge in [0.25, 0.3) is 0 Å².